The molecule has 3 aromatic rings. The molecule has 0 aliphatic carbocycles. The van der Waals surface area contributed by atoms with Crippen LogP contribution >= 0.6 is 0 Å². The van der Waals surface area contributed by atoms with E-state index in [1.54, 1.807) is 6.07 Å². The summed E-state index contributed by atoms with van der Waals surface area (Å²) in [7, 11) is 0. The molecule has 0 bridgehead atoms. The Morgan fingerprint density at radius 3 is 2.81 bits per heavy atom. The maximum Gasteiger partial charge on any atom is 0.178 e. The lowest BCUT2D eigenvalue weighted by Gasteiger charge is -2.35. The number of benzene rings is 2. The first-order valence-electron chi connectivity index (χ1n) is 11.2. The maximum atomic E-state index is 14.9. The van der Waals surface area contributed by atoms with Crippen LogP contribution in [0.4, 0.5) is 14.5 Å². The minimum Gasteiger partial charge on any atom is -0.486 e. The van der Waals surface area contributed by atoms with E-state index in [0.29, 0.717) is 36.4 Å². The number of nitrogens with one attached hydrogen (secondary N) is 1. The first kappa shape index (κ1) is 20.9. The van der Waals surface area contributed by atoms with E-state index in [1.165, 1.54) is 23.4 Å². The van der Waals surface area contributed by atoms with Gasteiger partial charge in [-0.2, -0.15) is 0 Å². The first-order valence-corrected chi connectivity index (χ1v) is 11.2. The normalized spacial score (nSPS) is 15.3. The molecule has 32 heavy (non-hydrogen) atoms. The molecular weight excluding hydrogens is 408 g/mol. The van der Waals surface area contributed by atoms with Crippen LogP contribution in [0, 0.1) is 11.6 Å². The molecule has 2 aliphatic rings. The van der Waals surface area contributed by atoms with E-state index in [0.717, 1.165) is 30.8 Å². The average molecular weight is 436 g/mol. The second kappa shape index (κ2) is 8.51. The molecule has 0 radical (unpaired) electrons. The van der Waals surface area contributed by atoms with E-state index in [4.69, 9.17) is 4.74 Å². The number of nitrogens with zero attached hydrogens (tertiary/aromatic N) is 2. The summed E-state index contributed by atoms with van der Waals surface area (Å²) in [5.41, 5.74) is 6.10. The number of hydrogen-bond donors (Lipinski definition) is 1. The van der Waals surface area contributed by atoms with E-state index in [2.05, 4.69) is 47.2 Å². The topological polar surface area (TPSA) is 37.4 Å². The van der Waals surface area contributed by atoms with E-state index >= 15 is 0 Å². The summed E-state index contributed by atoms with van der Waals surface area (Å²) in [6.45, 7) is 7.10. The van der Waals surface area contributed by atoms with Crippen LogP contribution in [0.1, 0.15) is 36.2 Å². The van der Waals surface area contributed by atoms with Gasteiger partial charge in [0.05, 0.1) is 18.4 Å². The summed E-state index contributed by atoms with van der Waals surface area (Å²) in [5.74, 6) is -0.687. The van der Waals surface area contributed by atoms with Crippen molar-refractivity contribution in [2.45, 2.75) is 39.3 Å². The highest BCUT2D eigenvalue weighted by Crippen LogP contribution is 2.39. The van der Waals surface area contributed by atoms with Crippen LogP contribution in [0.15, 0.2) is 42.6 Å². The van der Waals surface area contributed by atoms with Gasteiger partial charge in [0.25, 0.3) is 0 Å². The summed E-state index contributed by atoms with van der Waals surface area (Å²) in [5, 5.41) is 3.38. The van der Waals surface area contributed by atoms with Crippen molar-refractivity contribution in [3.05, 3.63) is 76.6 Å². The van der Waals surface area contributed by atoms with Crippen molar-refractivity contribution in [2.75, 3.05) is 24.6 Å². The largest absolute Gasteiger partial charge is 0.486 e. The lowest BCUT2D eigenvalue weighted by Crippen LogP contribution is -2.38. The molecule has 0 fully saturated rings. The van der Waals surface area contributed by atoms with Crippen molar-refractivity contribution in [2.24, 2.45) is 0 Å². The standard InChI is InChI=1S/C26H27F2N3O/c1-16(2)31-7-8-32-26-23(27)11-20(12-25(26)31)22-13-21(30-15-24(22)28)10-17-3-4-19-14-29-6-5-18(19)9-17/h3-4,9,11-13,15-16,29H,5-8,10,14H2,1-2H3. The van der Waals surface area contributed by atoms with E-state index in [-0.39, 0.29) is 11.8 Å². The van der Waals surface area contributed by atoms with E-state index < -0.39 is 11.6 Å². The van der Waals surface area contributed by atoms with Gasteiger partial charge in [-0.1, -0.05) is 18.2 Å². The molecule has 0 saturated carbocycles. The van der Waals surface area contributed by atoms with Crippen LogP contribution in [-0.4, -0.2) is 30.7 Å². The molecule has 3 heterocycles. The zero-order valence-electron chi connectivity index (χ0n) is 18.4. The Hall–Kier alpha value is -2.99. The van der Waals surface area contributed by atoms with Gasteiger partial charge in [-0.25, -0.2) is 8.78 Å². The van der Waals surface area contributed by atoms with Crippen LogP contribution in [0.5, 0.6) is 5.75 Å². The van der Waals surface area contributed by atoms with Gasteiger partial charge >= 0.3 is 0 Å². The van der Waals surface area contributed by atoms with Gasteiger partial charge in [-0.3, -0.25) is 4.98 Å². The van der Waals surface area contributed by atoms with Crippen molar-refractivity contribution in [3.8, 4) is 16.9 Å². The number of hydrogen-bond acceptors (Lipinski definition) is 4. The predicted molar refractivity (Wildman–Crippen MR) is 122 cm³/mol. The molecule has 2 aromatic carbocycles. The maximum absolute atomic E-state index is 14.9. The minimum absolute atomic E-state index is 0.185. The van der Waals surface area contributed by atoms with E-state index in [1.807, 2.05) is 6.07 Å². The van der Waals surface area contributed by atoms with Gasteiger partial charge in [0.2, 0.25) is 0 Å². The summed E-state index contributed by atoms with van der Waals surface area (Å²) >= 11 is 0. The van der Waals surface area contributed by atoms with Gasteiger partial charge in [0.15, 0.2) is 11.6 Å². The zero-order chi connectivity index (χ0) is 22.2. The Balaban J connectivity index is 1.49. The molecule has 4 nitrogen and oxygen atoms in total. The number of rotatable bonds is 4. The van der Waals surface area contributed by atoms with Gasteiger partial charge < -0.3 is 15.0 Å². The fraction of sp³-hybridized carbons (Fsp3) is 0.346. The highest BCUT2D eigenvalue weighted by atomic mass is 19.1. The third-order valence-corrected chi connectivity index (χ3v) is 6.30. The van der Waals surface area contributed by atoms with Gasteiger partial charge in [0, 0.05) is 30.3 Å². The fourth-order valence-corrected chi connectivity index (χ4v) is 4.64. The molecule has 1 N–H and O–H groups in total. The molecular formula is C26H27F2N3O. The third-order valence-electron chi connectivity index (χ3n) is 6.30. The smallest absolute Gasteiger partial charge is 0.178 e. The third kappa shape index (κ3) is 3.95. The molecule has 0 amide bonds. The molecule has 2 aliphatic heterocycles. The van der Waals surface area contributed by atoms with Gasteiger partial charge in [-0.15, -0.1) is 0 Å². The molecule has 0 spiro atoms. The van der Waals surface area contributed by atoms with Gasteiger partial charge in [-0.05, 0) is 67.3 Å². The minimum atomic E-state index is -0.469. The summed E-state index contributed by atoms with van der Waals surface area (Å²) < 4.78 is 35.3. The van der Waals surface area contributed by atoms with Crippen LogP contribution in [0.3, 0.4) is 0 Å². The monoisotopic (exact) mass is 435 g/mol. The summed E-state index contributed by atoms with van der Waals surface area (Å²) in [6, 6.07) is 11.6. The summed E-state index contributed by atoms with van der Waals surface area (Å²) in [4.78, 5) is 6.40. The second-order valence-corrected chi connectivity index (χ2v) is 8.80. The molecule has 0 atom stereocenters. The highest BCUT2D eigenvalue weighted by molar-refractivity contribution is 5.74. The van der Waals surface area contributed by atoms with Crippen molar-refractivity contribution >= 4 is 5.69 Å². The van der Waals surface area contributed by atoms with Crippen molar-refractivity contribution in [1.29, 1.82) is 0 Å². The predicted octanol–water partition coefficient (Wildman–Crippen LogP) is 4.87. The number of ether oxygens (including phenoxy) is 1. The molecule has 166 valence electrons. The molecule has 1 aromatic heterocycles. The SMILES string of the molecule is CC(C)N1CCOc2c(F)cc(-c3cc(Cc4ccc5c(c4)CCNC5)ncc3F)cc21. The lowest BCUT2D eigenvalue weighted by molar-refractivity contribution is 0.287. The number of halogens is 2. The molecule has 0 unspecified atom stereocenters. The van der Waals surface area contributed by atoms with E-state index in [9.17, 15) is 8.78 Å². The Labute approximate surface area is 187 Å². The lowest BCUT2D eigenvalue weighted by atomic mass is 9.96. The number of fused-ring (bicyclic) bond motifs is 2. The van der Waals surface area contributed by atoms with Crippen LogP contribution in [0.25, 0.3) is 11.1 Å². The van der Waals surface area contributed by atoms with Gasteiger partial charge in [0.1, 0.15) is 12.4 Å². The Morgan fingerprint density at radius 2 is 1.97 bits per heavy atom. The first-order chi connectivity index (χ1) is 15.5. The zero-order valence-corrected chi connectivity index (χ0v) is 18.4. The quantitative estimate of drug-likeness (QED) is 0.635. The molecule has 6 heteroatoms. The van der Waals surface area contributed by atoms with Crippen molar-refractivity contribution in [1.82, 2.24) is 10.3 Å². The number of anilines is 1. The van der Waals surface area contributed by atoms with Crippen molar-refractivity contribution < 1.29 is 13.5 Å². The Bertz CT molecular complexity index is 1160. The van der Waals surface area contributed by atoms with Crippen LogP contribution in [-0.2, 0) is 19.4 Å². The Kier molecular flexibility index (Phi) is 5.55. The average Bonchev–Trinajstić information content (AvgIpc) is 2.79. The number of aromatic nitrogens is 1. The number of pyridine rings is 1. The fourth-order valence-electron chi connectivity index (χ4n) is 4.64. The van der Waals surface area contributed by atoms with Crippen molar-refractivity contribution in [3.63, 3.8) is 0 Å². The van der Waals surface area contributed by atoms with Crippen LogP contribution in [0.2, 0.25) is 0 Å². The highest BCUT2D eigenvalue weighted by Gasteiger charge is 2.25. The summed E-state index contributed by atoms with van der Waals surface area (Å²) in [6.07, 6.45) is 2.85. The second-order valence-electron chi connectivity index (χ2n) is 8.80. The Morgan fingerprint density at radius 1 is 1.09 bits per heavy atom. The molecule has 0 saturated heterocycles. The molecule has 5 rings (SSSR count). The van der Waals surface area contributed by atoms with Crippen LogP contribution < -0.4 is 15.0 Å².